The van der Waals surface area contributed by atoms with E-state index < -0.39 is 22.3 Å². The number of carbonyl (C=O) groups excluding carboxylic acids is 1. The summed E-state index contributed by atoms with van der Waals surface area (Å²) in [4.78, 5) is 22.4. The molecule has 0 aliphatic carbocycles. The fraction of sp³-hybridized carbons (Fsp3) is 0.125. The molecule has 0 saturated heterocycles. The number of tetrazole rings is 1. The summed E-state index contributed by atoms with van der Waals surface area (Å²) < 4.78 is 19.7. The van der Waals surface area contributed by atoms with E-state index in [1.165, 1.54) is 4.68 Å². The predicted molar refractivity (Wildman–Crippen MR) is 98.1 cm³/mol. The van der Waals surface area contributed by atoms with Crippen molar-refractivity contribution in [3.05, 3.63) is 58.4 Å². The maximum absolute atomic E-state index is 13.2. The lowest BCUT2D eigenvalue weighted by Crippen LogP contribution is -2.15. The average Bonchev–Trinajstić information content (AvgIpc) is 3.16. The summed E-state index contributed by atoms with van der Waals surface area (Å²) in [5.74, 6) is -0.724. The Kier molecular flexibility index (Phi) is 5.79. The summed E-state index contributed by atoms with van der Waals surface area (Å²) in [5, 5.41) is 25.1. The molecule has 0 unspecified atom stereocenters. The Morgan fingerprint density at radius 3 is 2.75 bits per heavy atom. The lowest BCUT2D eigenvalue weighted by atomic mass is 10.2. The largest absolute Gasteiger partial charge is 0.497 e. The lowest BCUT2D eigenvalue weighted by Gasteiger charge is -2.07. The highest BCUT2D eigenvalue weighted by molar-refractivity contribution is 7.99. The van der Waals surface area contributed by atoms with Crippen LogP contribution in [0.1, 0.15) is 0 Å². The quantitative estimate of drug-likeness (QED) is 0.362. The molecule has 3 aromatic rings. The van der Waals surface area contributed by atoms with E-state index in [4.69, 9.17) is 4.74 Å². The SMILES string of the molecule is COc1ccc(-n2nnnc2SCC(=O)Nc2ccc(F)cc2[N+](=O)[O-])cc1. The number of hydrogen-bond acceptors (Lipinski definition) is 8. The third kappa shape index (κ3) is 4.40. The predicted octanol–water partition coefficient (Wildman–Crippen LogP) is 2.45. The van der Waals surface area contributed by atoms with Crippen molar-refractivity contribution in [1.82, 2.24) is 20.2 Å². The van der Waals surface area contributed by atoms with E-state index in [0.717, 1.165) is 30.0 Å². The van der Waals surface area contributed by atoms with E-state index in [0.29, 0.717) is 16.6 Å². The average molecular weight is 404 g/mol. The van der Waals surface area contributed by atoms with Crippen LogP contribution in [0.15, 0.2) is 47.6 Å². The third-order valence-corrected chi connectivity index (χ3v) is 4.44. The maximum atomic E-state index is 13.2. The van der Waals surface area contributed by atoms with Gasteiger partial charge in [-0.1, -0.05) is 11.8 Å². The Bertz CT molecular complexity index is 1010. The Morgan fingerprint density at radius 2 is 2.07 bits per heavy atom. The molecule has 1 amide bonds. The molecule has 0 atom stereocenters. The second-order valence-corrected chi connectivity index (χ2v) is 6.27. The smallest absolute Gasteiger partial charge is 0.295 e. The van der Waals surface area contributed by atoms with Gasteiger partial charge in [-0.3, -0.25) is 14.9 Å². The molecule has 0 aliphatic heterocycles. The van der Waals surface area contributed by atoms with Crippen molar-refractivity contribution in [2.45, 2.75) is 5.16 Å². The number of ether oxygens (including phenoxy) is 1. The van der Waals surface area contributed by atoms with Crippen molar-refractivity contribution < 1.29 is 18.8 Å². The topological polar surface area (TPSA) is 125 Å². The number of nitrogens with one attached hydrogen (secondary N) is 1. The number of benzene rings is 2. The van der Waals surface area contributed by atoms with E-state index in [2.05, 4.69) is 20.8 Å². The summed E-state index contributed by atoms with van der Waals surface area (Å²) in [5.41, 5.74) is 0.0519. The van der Waals surface area contributed by atoms with Gasteiger partial charge < -0.3 is 10.1 Å². The van der Waals surface area contributed by atoms with Gasteiger partial charge in [0.05, 0.1) is 29.5 Å². The number of halogens is 1. The Balaban J connectivity index is 1.68. The Hall–Kier alpha value is -3.54. The number of nitro groups is 1. The highest BCUT2D eigenvalue weighted by Gasteiger charge is 2.18. The zero-order valence-electron chi connectivity index (χ0n) is 14.4. The number of carbonyl (C=O) groups is 1. The van der Waals surface area contributed by atoms with Gasteiger partial charge in [-0.15, -0.1) is 5.10 Å². The maximum Gasteiger partial charge on any atom is 0.295 e. The summed E-state index contributed by atoms with van der Waals surface area (Å²) in [7, 11) is 1.55. The molecule has 0 spiro atoms. The highest BCUT2D eigenvalue weighted by atomic mass is 32.2. The van der Waals surface area contributed by atoms with Crippen molar-refractivity contribution in [2.75, 3.05) is 18.2 Å². The van der Waals surface area contributed by atoms with E-state index in [1.54, 1.807) is 31.4 Å². The zero-order chi connectivity index (χ0) is 20.1. The first kappa shape index (κ1) is 19.2. The number of methoxy groups -OCH3 is 1. The van der Waals surface area contributed by atoms with Crippen molar-refractivity contribution in [2.24, 2.45) is 0 Å². The van der Waals surface area contributed by atoms with Gasteiger partial charge in [0.1, 0.15) is 17.3 Å². The lowest BCUT2D eigenvalue weighted by molar-refractivity contribution is -0.384. The van der Waals surface area contributed by atoms with Gasteiger partial charge in [0, 0.05) is 0 Å². The van der Waals surface area contributed by atoms with E-state index in [1.807, 2.05) is 0 Å². The summed E-state index contributed by atoms with van der Waals surface area (Å²) in [6.45, 7) is 0. The van der Waals surface area contributed by atoms with Gasteiger partial charge in [0.2, 0.25) is 11.1 Å². The van der Waals surface area contributed by atoms with Crippen molar-refractivity contribution in [3.63, 3.8) is 0 Å². The minimum absolute atomic E-state index is 0.0910. The number of amides is 1. The molecule has 2 aromatic carbocycles. The molecule has 0 bridgehead atoms. The standard InChI is InChI=1S/C16H13FN6O4S/c1-27-12-5-3-11(4-6-12)22-16(19-20-21-22)28-9-15(24)18-13-7-2-10(17)8-14(13)23(25)26/h2-8H,9H2,1H3,(H,18,24). The molecular formula is C16H13FN6O4S. The van der Waals surface area contributed by atoms with Crippen LogP contribution in [-0.2, 0) is 4.79 Å². The van der Waals surface area contributed by atoms with Crippen LogP contribution in [0.5, 0.6) is 5.75 Å². The van der Waals surface area contributed by atoms with Crippen molar-refractivity contribution >= 4 is 29.0 Å². The Morgan fingerprint density at radius 1 is 1.32 bits per heavy atom. The molecule has 12 heteroatoms. The van der Waals surface area contributed by atoms with Crippen LogP contribution in [0.25, 0.3) is 5.69 Å². The zero-order valence-corrected chi connectivity index (χ0v) is 15.2. The van der Waals surface area contributed by atoms with E-state index >= 15 is 0 Å². The number of hydrogen-bond donors (Lipinski definition) is 1. The molecule has 0 saturated carbocycles. The van der Waals surface area contributed by atoms with E-state index in [9.17, 15) is 19.3 Å². The summed E-state index contributed by atoms with van der Waals surface area (Å²) in [6, 6.07) is 9.89. The molecular weight excluding hydrogens is 391 g/mol. The third-order valence-electron chi connectivity index (χ3n) is 3.52. The van der Waals surface area contributed by atoms with Crippen LogP contribution in [0.2, 0.25) is 0 Å². The fourth-order valence-corrected chi connectivity index (χ4v) is 2.92. The Labute approximate surface area is 161 Å². The number of anilines is 1. The van der Waals surface area contributed by atoms with Gasteiger partial charge in [-0.2, -0.15) is 4.68 Å². The van der Waals surface area contributed by atoms with Gasteiger partial charge in [0.15, 0.2) is 0 Å². The molecule has 0 fully saturated rings. The fourth-order valence-electron chi connectivity index (χ4n) is 2.23. The number of nitrogens with zero attached hydrogens (tertiary/aromatic N) is 5. The molecule has 28 heavy (non-hydrogen) atoms. The minimum Gasteiger partial charge on any atom is -0.497 e. The second-order valence-electron chi connectivity index (χ2n) is 5.33. The molecule has 1 aromatic heterocycles. The molecule has 10 nitrogen and oxygen atoms in total. The monoisotopic (exact) mass is 404 g/mol. The van der Waals surface area contributed by atoms with Gasteiger partial charge in [0.25, 0.3) is 5.69 Å². The van der Waals surface area contributed by atoms with Gasteiger partial charge in [-0.25, -0.2) is 4.39 Å². The van der Waals surface area contributed by atoms with Crippen LogP contribution in [-0.4, -0.2) is 43.9 Å². The molecule has 1 heterocycles. The van der Waals surface area contributed by atoms with Crippen molar-refractivity contribution in [1.29, 1.82) is 0 Å². The van der Waals surface area contributed by atoms with Crippen molar-refractivity contribution in [3.8, 4) is 11.4 Å². The number of thioether (sulfide) groups is 1. The molecule has 0 aliphatic rings. The molecule has 0 radical (unpaired) electrons. The number of nitro benzene ring substituents is 1. The first-order valence-electron chi connectivity index (χ1n) is 7.77. The number of aromatic nitrogens is 4. The normalized spacial score (nSPS) is 10.5. The minimum atomic E-state index is -0.768. The van der Waals surface area contributed by atoms with E-state index in [-0.39, 0.29) is 11.4 Å². The van der Waals surface area contributed by atoms with Crippen LogP contribution in [0.3, 0.4) is 0 Å². The van der Waals surface area contributed by atoms with Crippen LogP contribution >= 0.6 is 11.8 Å². The number of rotatable bonds is 7. The first-order chi connectivity index (χ1) is 13.5. The molecule has 3 rings (SSSR count). The van der Waals surface area contributed by atoms with Crippen LogP contribution in [0.4, 0.5) is 15.8 Å². The summed E-state index contributed by atoms with van der Waals surface area (Å²) in [6.07, 6.45) is 0. The first-order valence-corrected chi connectivity index (χ1v) is 8.76. The molecule has 1 N–H and O–H groups in total. The summed E-state index contributed by atoms with van der Waals surface area (Å²) >= 11 is 1.04. The van der Waals surface area contributed by atoms with Gasteiger partial charge in [-0.05, 0) is 46.8 Å². The van der Waals surface area contributed by atoms with Gasteiger partial charge >= 0.3 is 0 Å². The van der Waals surface area contributed by atoms with Crippen LogP contribution in [0, 0.1) is 15.9 Å². The highest BCUT2D eigenvalue weighted by Crippen LogP contribution is 2.26. The molecule has 144 valence electrons. The van der Waals surface area contributed by atoms with Crippen LogP contribution < -0.4 is 10.1 Å². The second kappa shape index (κ2) is 8.43.